The molecule has 0 atom stereocenters. The minimum absolute atomic E-state index is 0.357. The molecule has 0 bridgehead atoms. The van der Waals surface area contributed by atoms with E-state index in [1.165, 1.54) is 0 Å². The fourth-order valence-corrected chi connectivity index (χ4v) is 2.91. The van der Waals surface area contributed by atoms with Crippen molar-refractivity contribution in [2.45, 2.75) is 0 Å². The zero-order valence-electron chi connectivity index (χ0n) is 11.9. The quantitative estimate of drug-likeness (QED) is 0.434. The molecule has 0 fully saturated rings. The van der Waals surface area contributed by atoms with Crippen LogP contribution in [0, 0.1) is 0 Å². The first-order chi connectivity index (χ1) is 11.2. The summed E-state index contributed by atoms with van der Waals surface area (Å²) < 4.78 is 1.02. The normalized spacial score (nSPS) is 11.0. The fraction of sp³-hybridized carbons (Fsp3) is 0. The first-order valence-corrected chi connectivity index (χ1v) is 8.25. The van der Waals surface area contributed by atoms with Crippen molar-refractivity contribution in [2.24, 2.45) is 0 Å². The van der Waals surface area contributed by atoms with Crippen molar-refractivity contribution in [3.8, 4) is 0 Å². The summed E-state index contributed by atoms with van der Waals surface area (Å²) in [4.78, 5) is 9.10. The lowest BCUT2D eigenvalue weighted by Gasteiger charge is -2.09. The number of hydrogen-bond acceptors (Lipinski definition) is 3. The Morgan fingerprint density at radius 1 is 0.826 bits per heavy atom. The van der Waals surface area contributed by atoms with E-state index < -0.39 is 0 Å². The van der Waals surface area contributed by atoms with E-state index in [0.29, 0.717) is 11.0 Å². The predicted octanol–water partition coefficient (Wildman–Crippen LogP) is 5.94. The molecule has 4 rings (SSSR count). The van der Waals surface area contributed by atoms with Crippen molar-refractivity contribution in [1.29, 1.82) is 0 Å². The molecular weight excluding hydrogens is 374 g/mol. The van der Waals surface area contributed by atoms with E-state index in [4.69, 9.17) is 11.6 Å². The van der Waals surface area contributed by atoms with Crippen LogP contribution >= 0.6 is 27.5 Å². The van der Waals surface area contributed by atoms with E-state index >= 15 is 0 Å². The van der Waals surface area contributed by atoms with Crippen LogP contribution in [0.3, 0.4) is 0 Å². The minimum Gasteiger partial charge on any atom is -0.338 e. The first-order valence-electron chi connectivity index (χ1n) is 7.08. The third-order valence-electron chi connectivity index (χ3n) is 3.60. The Morgan fingerprint density at radius 3 is 2.09 bits per heavy atom. The van der Waals surface area contributed by atoms with Gasteiger partial charge in [-0.1, -0.05) is 51.8 Å². The minimum atomic E-state index is 0.357. The van der Waals surface area contributed by atoms with Crippen LogP contribution in [0.5, 0.6) is 0 Å². The van der Waals surface area contributed by atoms with Crippen molar-refractivity contribution in [3.63, 3.8) is 0 Å². The number of aromatic nitrogens is 2. The Morgan fingerprint density at radius 2 is 1.43 bits per heavy atom. The summed E-state index contributed by atoms with van der Waals surface area (Å²) in [5, 5.41) is 5.83. The molecule has 0 aliphatic carbocycles. The maximum Gasteiger partial charge on any atom is 0.172 e. The van der Waals surface area contributed by atoms with E-state index in [1.54, 1.807) is 0 Å². The van der Waals surface area contributed by atoms with Crippen LogP contribution in [-0.4, -0.2) is 9.97 Å². The highest BCUT2D eigenvalue weighted by atomic mass is 79.9. The molecule has 23 heavy (non-hydrogen) atoms. The van der Waals surface area contributed by atoms with Crippen molar-refractivity contribution >= 4 is 60.8 Å². The summed E-state index contributed by atoms with van der Waals surface area (Å²) >= 11 is 9.71. The second-order valence-corrected chi connectivity index (χ2v) is 6.46. The van der Waals surface area contributed by atoms with Crippen LogP contribution in [0.4, 0.5) is 11.5 Å². The van der Waals surface area contributed by atoms with Gasteiger partial charge >= 0.3 is 0 Å². The zero-order chi connectivity index (χ0) is 15.8. The highest BCUT2D eigenvalue weighted by Crippen LogP contribution is 2.27. The van der Waals surface area contributed by atoms with Crippen LogP contribution in [0.25, 0.3) is 21.8 Å². The molecule has 0 amide bonds. The predicted molar refractivity (Wildman–Crippen MR) is 99.5 cm³/mol. The van der Waals surface area contributed by atoms with Crippen LogP contribution < -0.4 is 5.32 Å². The van der Waals surface area contributed by atoms with Gasteiger partial charge in [-0.05, 0) is 47.2 Å². The van der Waals surface area contributed by atoms with Gasteiger partial charge < -0.3 is 5.32 Å². The van der Waals surface area contributed by atoms with Gasteiger partial charge in [0, 0.05) is 10.2 Å². The van der Waals surface area contributed by atoms with Crippen LogP contribution in [0.1, 0.15) is 0 Å². The number of fused-ring (bicyclic) bond motifs is 2. The van der Waals surface area contributed by atoms with Gasteiger partial charge in [0.15, 0.2) is 11.0 Å². The highest BCUT2D eigenvalue weighted by Gasteiger charge is 2.08. The van der Waals surface area contributed by atoms with E-state index in [-0.39, 0.29) is 0 Å². The average molecular weight is 385 g/mol. The summed E-state index contributed by atoms with van der Waals surface area (Å²) in [6.07, 6.45) is 0. The summed E-state index contributed by atoms with van der Waals surface area (Å²) in [5.74, 6) is 0.553. The Hall–Kier alpha value is -2.17. The molecule has 3 aromatic carbocycles. The van der Waals surface area contributed by atoms with Gasteiger partial charge in [-0.25, -0.2) is 9.97 Å². The molecule has 1 heterocycles. The Balaban J connectivity index is 1.81. The third kappa shape index (κ3) is 2.87. The molecule has 0 saturated carbocycles. The number of benzene rings is 3. The summed E-state index contributed by atoms with van der Waals surface area (Å²) in [5.41, 5.74) is 2.51. The van der Waals surface area contributed by atoms with Crippen molar-refractivity contribution < 1.29 is 0 Å². The third-order valence-corrected chi connectivity index (χ3v) is 4.39. The lowest BCUT2D eigenvalue weighted by atomic mass is 10.1. The second-order valence-electron chi connectivity index (χ2n) is 5.18. The molecule has 112 valence electrons. The molecule has 0 unspecified atom stereocenters. The van der Waals surface area contributed by atoms with Gasteiger partial charge in [0.25, 0.3) is 0 Å². The first kappa shape index (κ1) is 14.4. The van der Waals surface area contributed by atoms with Crippen LogP contribution in [-0.2, 0) is 0 Å². The second kappa shape index (κ2) is 5.80. The molecule has 0 radical (unpaired) electrons. The van der Waals surface area contributed by atoms with Gasteiger partial charge in [0.1, 0.15) is 0 Å². The molecule has 0 aliphatic rings. The summed E-state index contributed by atoms with van der Waals surface area (Å²) in [6.45, 7) is 0. The number of hydrogen-bond donors (Lipinski definition) is 1. The molecular formula is C18H11BrClN3. The topological polar surface area (TPSA) is 37.8 Å². The van der Waals surface area contributed by atoms with E-state index in [9.17, 15) is 0 Å². The fourth-order valence-electron chi connectivity index (χ4n) is 2.47. The molecule has 0 spiro atoms. The van der Waals surface area contributed by atoms with Gasteiger partial charge in [-0.2, -0.15) is 0 Å². The lowest BCUT2D eigenvalue weighted by molar-refractivity contribution is 1.28. The summed E-state index contributed by atoms with van der Waals surface area (Å²) in [6, 6.07) is 20.0. The van der Waals surface area contributed by atoms with E-state index in [1.807, 2.05) is 48.5 Å². The van der Waals surface area contributed by atoms with Crippen molar-refractivity contribution in [2.75, 3.05) is 5.32 Å². The number of rotatable bonds is 2. The van der Waals surface area contributed by atoms with Crippen molar-refractivity contribution in [3.05, 3.63) is 70.3 Å². The van der Waals surface area contributed by atoms with E-state index in [2.05, 4.69) is 43.3 Å². The largest absolute Gasteiger partial charge is 0.338 e. The molecule has 4 aromatic rings. The lowest BCUT2D eigenvalue weighted by Crippen LogP contribution is -1.97. The van der Waals surface area contributed by atoms with Crippen molar-refractivity contribution in [1.82, 2.24) is 9.97 Å². The molecule has 0 saturated heterocycles. The maximum atomic E-state index is 6.29. The summed E-state index contributed by atoms with van der Waals surface area (Å²) in [7, 11) is 0. The number of anilines is 2. The zero-order valence-corrected chi connectivity index (χ0v) is 14.3. The SMILES string of the molecule is Clc1nc2cc3ccccc3cc2nc1Nc1ccc(Br)cc1. The van der Waals surface area contributed by atoms with Crippen LogP contribution in [0.15, 0.2) is 65.1 Å². The molecule has 5 heteroatoms. The number of nitrogens with zero attached hydrogens (tertiary/aromatic N) is 2. The van der Waals surface area contributed by atoms with Gasteiger partial charge in [-0.3, -0.25) is 0 Å². The Labute approximate surface area is 146 Å². The highest BCUT2D eigenvalue weighted by molar-refractivity contribution is 9.10. The number of halogens is 2. The average Bonchev–Trinajstić information content (AvgIpc) is 2.56. The van der Waals surface area contributed by atoms with Crippen LogP contribution in [0.2, 0.25) is 5.15 Å². The molecule has 3 nitrogen and oxygen atoms in total. The smallest absolute Gasteiger partial charge is 0.172 e. The van der Waals surface area contributed by atoms with Gasteiger partial charge in [-0.15, -0.1) is 0 Å². The Bertz CT molecular complexity index is 1020. The maximum absolute atomic E-state index is 6.29. The standard InChI is InChI=1S/C18H11BrClN3/c19-13-5-7-14(8-6-13)21-18-17(20)22-15-9-11-3-1-2-4-12(11)10-16(15)23-18/h1-10H,(H,21,23). The van der Waals surface area contributed by atoms with Gasteiger partial charge in [0.2, 0.25) is 0 Å². The monoisotopic (exact) mass is 383 g/mol. The molecule has 1 aromatic heterocycles. The molecule has 1 N–H and O–H groups in total. The number of nitrogens with one attached hydrogen (secondary N) is 1. The van der Waals surface area contributed by atoms with Gasteiger partial charge in [0.05, 0.1) is 11.0 Å². The molecule has 0 aliphatic heterocycles. The van der Waals surface area contributed by atoms with E-state index in [0.717, 1.165) is 32.0 Å². The Kier molecular flexibility index (Phi) is 3.63.